The first-order valence-electron chi connectivity index (χ1n) is 4.33. The number of hydrogen-bond donors (Lipinski definition) is 2. The molecule has 1 aliphatic heterocycles. The van der Waals surface area contributed by atoms with Crippen molar-refractivity contribution in [3.63, 3.8) is 0 Å². The minimum absolute atomic E-state index is 0.104. The van der Waals surface area contributed by atoms with E-state index in [1.165, 1.54) is 0 Å². The van der Waals surface area contributed by atoms with Crippen LogP contribution in [0.4, 0.5) is 0 Å². The Hall–Kier alpha value is -0.120. The zero-order chi connectivity index (χ0) is 8.48. The van der Waals surface area contributed by atoms with Gasteiger partial charge in [-0.25, -0.2) is 0 Å². The summed E-state index contributed by atoms with van der Waals surface area (Å²) in [7, 11) is 0. The zero-order valence-electron chi connectivity index (χ0n) is 7.72. The number of rotatable bonds is 1. The first kappa shape index (κ1) is 8.97. The van der Waals surface area contributed by atoms with Crippen molar-refractivity contribution in [3.8, 4) is 0 Å². The van der Waals surface area contributed by atoms with Gasteiger partial charge in [0, 0.05) is 18.6 Å². The second kappa shape index (κ2) is 3.09. The Morgan fingerprint density at radius 3 is 2.73 bits per heavy atom. The molecular weight excluding hydrogens is 138 g/mol. The predicted octanol–water partition coefficient (Wildman–Crippen LogP) is -0.0251. The van der Waals surface area contributed by atoms with Crippen molar-refractivity contribution in [2.45, 2.75) is 32.5 Å². The molecule has 3 heteroatoms. The Morgan fingerprint density at radius 2 is 2.27 bits per heavy atom. The number of hydrogen-bond acceptors (Lipinski definition) is 3. The first-order chi connectivity index (χ1) is 5.09. The van der Waals surface area contributed by atoms with Crippen LogP contribution in [0.15, 0.2) is 0 Å². The summed E-state index contributed by atoms with van der Waals surface area (Å²) in [4.78, 5) is 2.41. The van der Waals surface area contributed by atoms with Crippen LogP contribution in [0, 0.1) is 0 Å². The second-order valence-electron chi connectivity index (χ2n) is 3.67. The van der Waals surface area contributed by atoms with E-state index in [9.17, 15) is 0 Å². The van der Waals surface area contributed by atoms with Crippen LogP contribution in [0.2, 0.25) is 0 Å². The normalized spacial score (nSPS) is 32.2. The second-order valence-corrected chi connectivity index (χ2v) is 3.67. The number of nitrogens with two attached hydrogens (primary N) is 1. The van der Waals surface area contributed by atoms with Crippen LogP contribution >= 0.6 is 0 Å². The Kier molecular flexibility index (Phi) is 2.52. The minimum atomic E-state index is 0.104. The highest BCUT2D eigenvalue weighted by Crippen LogP contribution is 2.18. The van der Waals surface area contributed by atoms with Crippen molar-refractivity contribution in [1.29, 1.82) is 0 Å². The van der Waals surface area contributed by atoms with Crippen LogP contribution in [0.25, 0.3) is 0 Å². The fourth-order valence-corrected chi connectivity index (χ4v) is 1.66. The van der Waals surface area contributed by atoms with Gasteiger partial charge in [0.1, 0.15) is 0 Å². The van der Waals surface area contributed by atoms with Crippen molar-refractivity contribution in [3.05, 3.63) is 0 Å². The monoisotopic (exact) mass is 157 g/mol. The van der Waals surface area contributed by atoms with Gasteiger partial charge in [0.15, 0.2) is 0 Å². The summed E-state index contributed by atoms with van der Waals surface area (Å²) in [6.45, 7) is 9.76. The van der Waals surface area contributed by atoms with Gasteiger partial charge in [-0.05, 0) is 20.4 Å². The summed E-state index contributed by atoms with van der Waals surface area (Å²) in [6.07, 6.45) is 0.108. The molecule has 0 spiro atoms. The summed E-state index contributed by atoms with van der Waals surface area (Å²) in [5.41, 5.74) is 6.03. The summed E-state index contributed by atoms with van der Waals surface area (Å²) in [6, 6.07) is 0. The highest BCUT2D eigenvalue weighted by molar-refractivity contribution is 4.93. The average molecular weight is 157 g/mol. The summed E-state index contributed by atoms with van der Waals surface area (Å²) < 4.78 is 0. The molecule has 3 nitrogen and oxygen atoms in total. The Morgan fingerprint density at radius 1 is 1.64 bits per heavy atom. The van der Waals surface area contributed by atoms with Gasteiger partial charge in [0.05, 0.1) is 6.17 Å². The number of nitrogens with one attached hydrogen (secondary N) is 1. The van der Waals surface area contributed by atoms with E-state index in [2.05, 4.69) is 31.0 Å². The number of nitrogens with zero attached hydrogens (tertiary/aromatic N) is 1. The van der Waals surface area contributed by atoms with E-state index in [0.29, 0.717) is 0 Å². The molecule has 0 radical (unpaired) electrons. The quantitative estimate of drug-likeness (QED) is 0.562. The van der Waals surface area contributed by atoms with Crippen molar-refractivity contribution in [2.24, 2.45) is 5.73 Å². The average Bonchev–Trinajstić information content (AvgIpc) is 1.95. The first-order valence-corrected chi connectivity index (χ1v) is 4.33. The fourth-order valence-electron chi connectivity index (χ4n) is 1.66. The molecule has 3 N–H and O–H groups in total. The largest absolute Gasteiger partial charge is 0.314 e. The van der Waals surface area contributed by atoms with Crippen molar-refractivity contribution in [2.75, 3.05) is 19.6 Å². The highest BCUT2D eigenvalue weighted by atomic mass is 15.3. The summed E-state index contributed by atoms with van der Waals surface area (Å²) >= 11 is 0. The van der Waals surface area contributed by atoms with Crippen molar-refractivity contribution >= 4 is 0 Å². The maximum absolute atomic E-state index is 5.93. The van der Waals surface area contributed by atoms with Crippen LogP contribution in [-0.2, 0) is 0 Å². The molecule has 0 aromatic carbocycles. The molecule has 1 fully saturated rings. The molecule has 1 aliphatic rings. The lowest BCUT2D eigenvalue weighted by Crippen LogP contribution is -2.67. The summed E-state index contributed by atoms with van der Waals surface area (Å²) in [5.74, 6) is 0. The molecule has 1 atom stereocenters. The van der Waals surface area contributed by atoms with Crippen LogP contribution in [0.5, 0.6) is 0 Å². The van der Waals surface area contributed by atoms with E-state index in [-0.39, 0.29) is 11.7 Å². The van der Waals surface area contributed by atoms with E-state index in [1.807, 2.05) is 0 Å². The molecule has 0 saturated carbocycles. The lowest BCUT2D eigenvalue weighted by atomic mass is 9.96. The predicted molar refractivity (Wildman–Crippen MR) is 47.3 cm³/mol. The van der Waals surface area contributed by atoms with E-state index in [0.717, 1.165) is 19.6 Å². The van der Waals surface area contributed by atoms with Crippen molar-refractivity contribution in [1.82, 2.24) is 10.2 Å². The van der Waals surface area contributed by atoms with Crippen LogP contribution in [0.3, 0.4) is 0 Å². The topological polar surface area (TPSA) is 41.3 Å². The van der Waals surface area contributed by atoms with Crippen molar-refractivity contribution < 1.29 is 0 Å². The van der Waals surface area contributed by atoms with Crippen LogP contribution in [-0.4, -0.2) is 36.2 Å². The fraction of sp³-hybridized carbons (Fsp3) is 1.00. The third kappa shape index (κ3) is 1.55. The smallest absolute Gasteiger partial charge is 0.0731 e. The zero-order valence-corrected chi connectivity index (χ0v) is 7.72. The summed E-state index contributed by atoms with van der Waals surface area (Å²) in [5, 5.41) is 3.27. The molecule has 0 aromatic heterocycles. The number of piperazine rings is 1. The maximum Gasteiger partial charge on any atom is 0.0731 e. The lowest BCUT2D eigenvalue weighted by molar-refractivity contribution is 0.0560. The van der Waals surface area contributed by atoms with E-state index in [1.54, 1.807) is 0 Å². The third-order valence-electron chi connectivity index (χ3n) is 2.70. The molecule has 0 aromatic rings. The van der Waals surface area contributed by atoms with Gasteiger partial charge in [-0.15, -0.1) is 0 Å². The van der Waals surface area contributed by atoms with Gasteiger partial charge in [0.2, 0.25) is 0 Å². The molecule has 0 bridgehead atoms. The SMILES string of the molecule is CCN1CCNC(N)C1(C)C. The van der Waals surface area contributed by atoms with Crippen LogP contribution < -0.4 is 11.1 Å². The van der Waals surface area contributed by atoms with Gasteiger partial charge < -0.3 is 5.73 Å². The molecule has 0 amide bonds. The maximum atomic E-state index is 5.93. The third-order valence-corrected chi connectivity index (χ3v) is 2.70. The highest BCUT2D eigenvalue weighted by Gasteiger charge is 2.34. The van der Waals surface area contributed by atoms with E-state index >= 15 is 0 Å². The molecule has 11 heavy (non-hydrogen) atoms. The molecule has 1 heterocycles. The van der Waals surface area contributed by atoms with Gasteiger partial charge in [0.25, 0.3) is 0 Å². The molecular formula is C8H19N3. The van der Waals surface area contributed by atoms with Gasteiger partial charge >= 0.3 is 0 Å². The molecule has 66 valence electrons. The minimum Gasteiger partial charge on any atom is -0.314 e. The van der Waals surface area contributed by atoms with Crippen LogP contribution in [0.1, 0.15) is 20.8 Å². The Bertz CT molecular complexity index is 133. The Balaban J connectivity index is 2.64. The molecule has 1 unspecified atom stereocenters. The standard InChI is InChI=1S/C8H19N3/c1-4-11-6-5-10-7(9)8(11,2)3/h7,10H,4-6,9H2,1-3H3. The van der Waals surface area contributed by atoms with Gasteiger partial charge in [-0.3, -0.25) is 10.2 Å². The van der Waals surface area contributed by atoms with Gasteiger partial charge in [-0.1, -0.05) is 6.92 Å². The molecule has 0 aliphatic carbocycles. The van der Waals surface area contributed by atoms with Gasteiger partial charge in [-0.2, -0.15) is 0 Å². The molecule has 1 saturated heterocycles. The number of likely N-dealkylation sites (N-methyl/N-ethyl adjacent to an activating group) is 1. The van der Waals surface area contributed by atoms with E-state index < -0.39 is 0 Å². The van der Waals surface area contributed by atoms with E-state index in [4.69, 9.17) is 5.73 Å². The molecule has 1 rings (SSSR count). The lowest BCUT2D eigenvalue weighted by Gasteiger charge is -2.46. The Labute approximate surface area is 68.9 Å².